The summed E-state index contributed by atoms with van der Waals surface area (Å²) in [5, 5.41) is 2.25. The minimum Gasteiger partial charge on any atom is -0.325 e. The third-order valence-electron chi connectivity index (χ3n) is 4.33. The lowest BCUT2D eigenvalue weighted by Crippen LogP contribution is -2.39. The van der Waals surface area contributed by atoms with E-state index < -0.39 is 48.0 Å². The number of halogens is 4. The lowest BCUT2D eigenvalue weighted by Gasteiger charge is -2.19. The van der Waals surface area contributed by atoms with Gasteiger partial charge in [0.05, 0.1) is 5.56 Å². The molecule has 2 aromatic carbocycles. The molecule has 0 aromatic heterocycles. The number of hydrogen-bond donors (Lipinski definition) is 1. The largest absolute Gasteiger partial charge is 0.416 e. The molecule has 1 aliphatic rings. The number of anilines is 2. The first-order valence-electron chi connectivity index (χ1n) is 8.45. The monoisotopic (exact) mass is 409 g/mol. The van der Waals surface area contributed by atoms with Crippen molar-refractivity contribution < 1.29 is 31.9 Å². The van der Waals surface area contributed by atoms with E-state index >= 15 is 0 Å². The van der Waals surface area contributed by atoms with Crippen molar-refractivity contribution in [2.75, 3.05) is 16.8 Å². The van der Waals surface area contributed by atoms with Gasteiger partial charge in [-0.2, -0.15) is 13.2 Å². The predicted molar refractivity (Wildman–Crippen MR) is 95.5 cm³/mol. The number of amides is 4. The molecular formula is C19H15F4N3O3. The molecule has 29 heavy (non-hydrogen) atoms. The predicted octanol–water partition coefficient (Wildman–Crippen LogP) is 3.64. The smallest absolute Gasteiger partial charge is 0.325 e. The molecule has 1 heterocycles. The molecule has 1 N–H and O–H groups in total. The maximum atomic E-state index is 13.1. The summed E-state index contributed by atoms with van der Waals surface area (Å²) in [6, 6.07) is 7.18. The van der Waals surface area contributed by atoms with Crippen LogP contribution >= 0.6 is 0 Å². The van der Waals surface area contributed by atoms with Gasteiger partial charge in [0.1, 0.15) is 18.4 Å². The summed E-state index contributed by atoms with van der Waals surface area (Å²) < 4.78 is 51.4. The summed E-state index contributed by atoms with van der Waals surface area (Å²) in [6.45, 7) is 0.782. The van der Waals surface area contributed by atoms with Crippen molar-refractivity contribution in [2.24, 2.45) is 0 Å². The quantitative estimate of drug-likeness (QED) is 0.619. The Morgan fingerprint density at radius 3 is 2.38 bits per heavy atom. The number of urea groups is 1. The van der Waals surface area contributed by atoms with Crippen LogP contribution in [0.4, 0.5) is 33.7 Å². The molecule has 0 aliphatic carbocycles. The maximum absolute atomic E-state index is 13.1. The Morgan fingerprint density at radius 1 is 1.10 bits per heavy atom. The van der Waals surface area contributed by atoms with E-state index in [2.05, 4.69) is 5.32 Å². The van der Waals surface area contributed by atoms with E-state index in [-0.39, 0.29) is 11.4 Å². The second-order valence-corrected chi connectivity index (χ2v) is 6.36. The molecule has 1 fully saturated rings. The van der Waals surface area contributed by atoms with Crippen LogP contribution < -0.4 is 10.2 Å². The maximum Gasteiger partial charge on any atom is 0.416 e. The summed E-state index contributed by atoms with van der Waals surface area (Å²) in [7, 11) is 0. The molecule has 10 heteroatoms. The van der Waals surface area contributed by atoms with Crippen LogP contribution in [-0.2, 0) is 15.8 Å². The fraction of sp³-hybridized carbons (Fsp3) is 0.211. The molecule has 0 spiro atoms. The van der Waals surface area contributed by atoms with E-state index in [1.807, 2.05) is 0 Å². The average Bonchev–Trinajstić information content (AvgIpc) is 2.86. The molecular weight excluding hydrogens is 394 g/mol. The van der Waals surface area contributed by atoms with Gasteiger partial charge in [-0.1, -0.05) is 6.07 Å². The molecule has 1 unspecified atom stereocenters. The van der Waals surface area contributed by atoms with Crippen LogP contribution in [0.3, 0.4) is 0 Å². The lowest BCUT2D eigenvalue weighted by atomic mass is 10.2. The van der Waals surface area contributed by atoms with Gasteiger partial charge >= 0.3 is 12.2 Å². The number of carbonyl (C=O) groups is 3. The van der Waals surface area contributed by atoms with Crippen LogP contribution in [0.5, 0.6) is 0 Å². The van der Waals surface area contributed by atoms with Gasteiger partial charge < -0.3 is 5.32 Å². The second-order valence-electron chi connectivity index (χ2n) is 6.36. The van der Waals surface area contributed by atoms with Crippen LogP contribution in [0, 0.1) is 5.82 Å². The molecule has 6 nitrogen and oxygen atoms in total. The van der Waals surface area contributed by atoms with Gasteiger partial charge in [0, 0.05) is 11.4 Å². The van der Waals surface area contributed by atoms with Crippen molar-refractivity contribution in [1.82, 2.24) is 4.90 Å². The van der Waals surface area contributed by atoms with Gasteiger partial charge in [-0.05, 0) is 49.4 Å². The van der Waals surface area contributed by atoms with E-state index in [1.165, 1.54) is 25.1 Å². The highest BCUT2D eigenvalue weighted by molar-refractivity contribution is 6.16. The first-order valence-corrected chi connectivity index (χ1v) is 8.45. The Bertz CT molecular complexity index is 960. The second kappa shape index (κ2) is 7.53. The van der Waals surface area contributed by atoms with Crippen molar-refractivity contribution in [3.05, 3.63) is 59.9 Å². The fourth-order valence-electron chi connectivity index (χ4n) is 2.92. The molecule has 152 valence electrons. The number of carbonyl (C=O) groups excluding carboxylic acids is 3. The highest BCUT2D eigenvalue weighted by Crippen LogP contribution is 2.31. The van der Waals surface area contributed by atoms with E-state index in [0.29, 0.717) is 4.90 Å². The van der Waals surface area contributed by atoms with Crippen molar-refractivity contribution in [2.45, 2.75) is 19.1 Å². The van der Waals surface area contributed by atoms with Gasteiger partial charge in [0.25, 0.3) is 5.91 Å². The number of alkyl halides is 3. The van der Waals surface area contributed by atoms with Gasteiger partial charge in [0.15, 0.2) is 0 Å². The molecule has 0 bridgehead atoms. The minimum atomic E-state index is -4.58. The Labute approximate surface area is 162 Å². The zero-order chi connectivity index (χ0) is 21.3. The molecule has 1 saturated heterocycles. The Kier molecular flexibility index (Phi) is 5.27. The standard InChI is InChI=1S/C19H15F4N3O3/c1-11-17(28)25(18(29)26(11)15-7-5-13(20)6-8-15)10-16(27)24-14-4-2-3-12(9-14)19(21,22)23/h2-9,11H,10H2,1H3,(H,24,27). The molecule has 0 saturated carbocycles. The van der Waals surface area contributed by atoms with Crippen molar-refractivity contribution in [3.63, 3.8) is 0 Å². The number of rotatable bonds is 4. The third-order valence-corrected chi connectivity index (χ3v) is 4.33. The first-order chi connectivity index (χ1) is 13.6. The van der Waals surface area contributed by atoms with Crippen LogP contribution in [0.2, 0.25) is 0 Å². The molecule has 4 amide bonds. The summed E-state index contributed by atoms with van der Waals surface area (Å²) in [6.07, 6.45) is -4.58. The van der Waals surface area contributed by atoms with Crippen molar-refractivity contribution in [3.8, 4) is 0 Å². The number of nitrogens with one attached hydrogen (secondary N) is 1. The summed E-state index contributed by atoms with van der Waals surface area (Å²) >= 11 is 0. The van der Waals surface area contributed by atoms with E-state index in [0.717, 1.165) is 35.2 Å². The molecule has 1 aliphatic heterocycles. The molecule has 0 radical (unpaired) electrons. The van der Waals surface area contributed by atoms with Crippen LogP contribution in [0.25, 0.3) is 0 Å². The Morgan fingerprint density at radius 2 is 1.76 bits per heavy atom. The van der Waals surface area contributed by atoms with E-state index in [1.54, 1.807) is 0 Å². The zero-order valence-corrected chi connectivity index (χ0v) is 15.0. The van der Waals surface area contributed by atoms with Crippen molar-refractivity contribution >= 4 is 29.2 Å². The zero-order valence-electron chi connectivity index (χ0n) is 15.0. The highest BCUT2D eigenvalue weighted by atomic mass is 19.4. The van der Waals surface area contributed by atoms with E-state index in [9.17, 15) is 31.9 Å². The molecule has 2 aromatic rings. The molecule has 1 atom stereocenters. The topological polar surface area (TPSA) is 69.7 Å². The SMILES string of the molecule is CC1C(=O)N(CC(=O)Nc2cccc(C(F)(F)F)c2)C(=O)N1c1ccc(F)cc1. The highest BCUT2D eigenvalue weighted by Gasteiger charge is 2.44. The van der Waals surface area contributed by atoms with Gasteiger partial charge in [-0.25, -0.2) is 9.18 Å². The lowest BCUT2D eigenvalue weighted by molar-refractivity contribution is -0.137. The number of hydrogen-bond acceptors (Lipinski definition) is 3. The van der Waals surface area contributed by atoms with Gasteiger partial charge in [-0.15, -0.1) is 0 Å². The van der Waals surface area contributed by atoms with Crippen LogP contribution in [0.15, 0.2) is 48.5 Å². The number of imide groups is 1. The number of benzene rings is 2. The Balaban J connectivity index is 1.73. The third kappa shape index (κ3) is 4.20. The van der Waals surface area contributed by atoms with Crippen molar-refractivity contribution in [1.29, 1.82) is 0 Å². The normalized spacial score (nSPS) is 17.1. The summed E-state index contributed by atoms with van der Waals surface area (Å²) in [4.78, 5) is 39.0. The van der Waals surface area contributed by atoms with Gasteiger partial charge in [-0.3, -0.25) is 19.4 Å². The van der Waals surface area contributed by atoms with Gasteiger partial charge in [0.2, 0.25) is 5.91 Å². The van der Waals surface area contributed by atoms with Crippen LogP contribution in [0.1, 0.15) is 12.5 Å². The summed E-state index contributed by atoms with van der Waals surface area (Å²) in [5.74, 6) is -2.01. The summed E-state index contributed by atoms with van der Waals surface area (Å²) in [5.41, 5.74) is -0.787. The first kappa shape index (κ1) is 20.3. The Hall–Kier alpha value is -3.43. The van der Waals surface area contributed by atoms with Crippen LogP contribution in [-0.4, -0.2) is 35.3 Å². The fourth-order valence-corrected chi connectivity index (χ4v) is 2.92. The molecule has 3 rings (SSSR count). The average molecular weight is 409 g/mol. The van der Waals surface area contributed by atoms with E-state index in [4.69, 9.17) is 0 Å². The number of nitrogens with zero attached hydrogens (tertiary/aromatic N) is 2. The minimum absolute atomic E-state index is 0.118.